The van der Waals surface area contributed by atoms with Crippen molar-refractivity contribution in [1.29, 1.82) is 0 Å². The van der Waals surface area contributed by atoms with Crippen molar-refractivity contribution in [3.8, 4) is 0 Å². The number of benzene rings is 1. The van der Waals surface area contributed by atoms with Crippen molar-refractivity contribution in [3.63, 3.8) is 0 Å². The molecule has 76 valence electrons. The lowest BCUT2D eigenvalue weighted by atomic mass is 10.0. The summed E-state index contributed by atoms with van der Waals surface area (Å²) in [6.45, 7) is 4.58. The van der Waals surface area contributed by atoms with Gasteiger partial charge < -0.3 is 15.8 Å². The standard InChI is InChI=1S/C11H16N2O/c1-8-6-9(12)2-3-10(8)11-7-14-5-4-13-11/h2-3,6,11,13H,4-5,7,12H2,1H3/t11-/m1/s1. The monoisotopic (exact) mass is 192 g/mol. The zero-order valence-electron chi connectivity index (χ0n) is 8.42. The van der Waals surface area contributed by atoms with Crippen molar-refractivity contribution in [3.05, 3.63) is 29.3 Å². The van der Waals surface area contributed by atoms with Gasteiger partial charge in [-0.25, -0.2) is 0 Å². The van der Waals surface area contributed by atoms with E-state index in [9.17, 15) is 0 Å². The third kappa shape index (κ3) is 1.89. The highest BCUT2D eigenvalue weighted by Crippen LogP contribution is 2.21. The van der Waals surface area contributed by atoms with Crippen LogP contribution in [-0.4, -0.2) is 19.8 Å². The second-order valence-electron chi connectivity index (χ2n) is 3.70. The largest absolute Gasteiger partial charge is 0.399 e. The van der Waals surface area contributed by atoms with E-state index in [2.05, 4.69) is 18.3 Å². The molecule has 0 amide bonds. The molecular weight excluding hydrogens is 176 g/mol. The van der Waals surface area contributed by atoms with Crippen molar-refractivity contribution in [2.45, 2.75) is 13.0 Å². The summed E-state index contributed by atoms with van der Waals surface area (Å²) in [6, 6.07) is 6.35. The van der Waals surface area contributed by atoms with E-state index in [1.807, 2.05) is 12.1 Å². The molecule has 3 N–H and O–H groups in total. The molecule has 0 radical (unpaired) electrons. The molecule has 1 aromatic carbocycles. The van der Waals surface area contributed by atoms with Crippen LogP contribution >= 0.6 is 0 Å². The zero-order valence-corrected chi connectivity index (χ0v) is 8.42. The van der Waals surface area contributed by atoms with Crippen molar-refractivity contribution < 1.29 is 4.74 Å². The van der Waals surface area contributed by atoms with Crippen molar-refractivity contribution in [2.24, 2.45) is 0 Å². The fourth-order valence-corrected chi connectivity index (χ4v) is 1.86. The molecule has 3 heteroatoms. The molecule has 2 rings (SSSR count). The van der Waals surface area contributed by atoms with Crippen LogP contribution in [-0.2, 0) is 4.74 Å². The first-order valence-electron chi connectivity index (χ1n) is 4.94. The lowest BCUT2D eigenvalue weighted by Gasteiger charge is -2.25. The Hall–Kier alpha value is -1.06. The van der Waals surface area contributed by atoms with E-state index in [0.29, 0.717) is 6.04 Å². The van der Waals surface area contributed by atoms with Crippen LogP contribution in [0, 0.1) is 6.92 Å². The molecule has 1 saturated heterocycles. The summed E-state index contributed by atoms with van der Waals surface area (Å²) in [4.78, 5) is 0. The van der Waals surface area contributed by atoms with Crippen molar-refractivity contribution >= 4 is 5.69 Å². The second-order valence-corrected chi connectivity index (χ2v) is 3.70. The predicted octanol–water partition coefficient (Wildman–Crippen LogP) is 1.24. The van der Waals surface area contributed by atoms with E-state index in [-0.39, 0.29) is 0 Å². The molecule has 1 aliphatic rings. The molecule has 1 atom stereocenters. The molecule has 1 aromatic rings. The first-order valence-corrected chi connectivity index (χ1v) is 4.94. The summed E-state index contributed by atoms with van der Waals surface area (Å²) in [5.74, 6) is 0. The van der Waals surface area contributed by atoms with Crippen LogP contribution in [0.4, 0.5) is 5.69 Å². The van der Waals surface area contributed by atoms with Gasteiger partial charge in [0.25, 0.3) is 0 Å². The molecule has 0 aliphatic carbocycles. The summed E-state index contributed by atoms with van der Waals surface area (Å²) < 4.78 is 5.43. The van der Waals surface area contributed by atoms with Crippen LogP contribution in [0.3, 0.4) is 0 Å². The quantitative estimate of drug-likeness (QED) is 0.658. The topological polar surface area (TPSA) is 47.3 Å². The van der Waals surface area contributed by atoms with Crippen LogP contribution in [0.1, 0.15) is 17.2 Å². The Labute approximate surface area is 84.3 Å². The van der Waals surface area contributed by atoms with Gasteiger partial charge in [0.2, 0.25) is 0 Å². The molecule has 0 bridgehead atoms. The minimum atomic E-state index is 0.323. The molecule has 3 nitrogen and oxygen atoms in total. The molecule has 0 saturated carbocycles. The number of rotatable bonds is 1. The highest BCUT2D eigenvalue weighted by atomic mass is 16.5. The Kier molecular flexibility index (Phi) is 2.70. The fraction of sp³-hybridized carbons (Fsp3) is 0.455. The van der Waals surface area contributed by atoms with Gasteiger partial charge in [-0.3, -0.25) is 0 Å². The number of nitrogen functional groups attached to an aromatic ring is 1. The van der Waals surface area contributed by atoms with Crippen molar-refractivity contribution in [2.75, 3.05) is 25.5 Å². The van der Waals surface area contributed by atoms with E-state index in [0.717, 1.165) is 25.4 Å². The van der Waals surface area contributed by atoms with E-state index in [1.165, 1.54) is 11.1 Å². The molecule has 14 heavy (non-hydrogen) atoms. The van der Waals surface area contributed by atoms with Crippen LogP contribution in [0.15, 0.2) is 18.2 Å². The maximum Gasteiger partial charge on any atom is 0.0662 e. The summed E-state index contributed by atoms with van der Waals surface area (Å²) in [7, 11) is 0. The Morgan fingerprint density at radius 3 is 3.00 bits per heavy atom. The van der Waals surface area contributed by atoms with Crippen LogP contribution in [0.2, 0.25) is 0 Å². The van der Waals surface area contributed by atoms with Crippen LogP contribution in [0.25, 0.3) is 0 Å². The number of ether oxygens (including phenoxy) is 1. The lowest BCUT2D eigenvalue weighted by Crippen LogP contribution is -2.34. The summed E-state index contributed by atoms with van der Waals surface area (Å²) >= 11 is 0. The highest BCUT2D eigenvalue weighted by Gasteiger charge is 2.16. The van der Waals surface area contributed by atoms with Gasteiger partial charge in [-0.2, -0.15) is 0 Å². The van der Waals surface area contributed by atoms with Gasteiger partial charge in [-0.15, -0.1) is 0 Å². The third-order valence-corrected chi connectivity index (χ3v) is 2.59. The Bertz CT molecular complexity index is 319. The molecule has 1 aliphatic heterocycles. The average Bonchev–Trinajstić information content (AvgIpc) is 2.19. The predicted molar refractivity (Wildman–Crippen MR) is 57.2 cm³/mol. The Balaban J connectivity index is 2.22. The van der Waals surface area contributed by atoms with E-state index < -0.39 is 0 Å². The van der Waals surface area contributed by atoms with Gasteiger partial charge in [0.05, 0.1) is 19.3 Å². The van der Waals surface area contributed by atoms with Crippen LogP contribution < -0.4 is 11.1 Å². The highest BCUT2D eigenvalue weighted by molar-refractivity contribution is 5.45. The number of nitrogens with one attached hydrogen (secondary N) is 1. The zero-order chi connectivity index (χ0) is 9.97. The molecule has 1 fully saturated rings. The Morgan fingerprint density at radius 1 is 1.50 bits per heavy atom. The molecule has 1 heterocycles. The number of morpholine rings is 1. The summed E-state index contributed by atoms with van der Waals surface area (Å²) in [6.07, 6.45) is 0. The molecule has 0 spiro atoms. The number of nitrogens with two attached hydrogens (primary N) is 1. The number of hydrogen-bond acceptors (Lipinski definition) is 3. The number of hydrogen-bond donors (Lipinski definition) is 2. The van der Waals surface area contributed by atoms with Gasteiger partial charge in [-0.1, -0.05) is 6.07 Å². The maximum atomic E-state index is 5.71. The average molecular weight is 192 g/mol. The van der Waals surface area contributed by atoms with Gasteiger partial charge in [0, 0.05) is 12.2 Å². The van der Waals surface area contributed by atoms with Gasteiger partial charge in [0.15, 0.2) is 0 Å². The smallest absolute Gasteiger partial charge is 0.0662 e. The maximum absolute atomic E-state index is 5.71. The molecule has 0 aromatic heterocycles. The normalized spacial score (nSPS) is 22.2. The first kappa shape index (κ1) is 9.49. The molecule has 0 unspecified atom stereocenters. The van der Waals surface area contributed by atoms with Crippen molar-refractivity contribution in [1.82, 2.24) is 5.32 Å². The van der Waals surface area contributed by atoms with Gasteiger partial charge in [-0.05, 0) is 30.2 Å². The first-order chi connectivity index (χ1) is 6.77. The minimum absolute atomic E-state index is 0.323. The second kappa shape index (κ2) is 3.98. The van der Waals surface area contributed by atoms with Gasteiger partial charge >= 0.3 is 0 Å². The van der Waals surface area contributed by atoms with E-state index in [4.69, 9.17) is 10.5 Å². The SMILES string of the molecule is Cc1cc(N)ccc1[C@H]1COCCN1. The fourth-order valence-electron chi connectivity index (χ4n) is 1.86. The van der Waals surface area contributed by atoms with Gasteiger partial charge in [0.1, 0.15) is 0 Å². The number of anilines is 1. The number of aryl methyl sites for hydroxylation is 1. The minimum Gasteiger partial charge on any atom is -0.399 e. The lowest BCUT2D eigenvalue weighted by molar-refractivity contribution is 0.0767. The van der Waals surface area contributed by atoms with E-state index in [1.54, 1.807) is 0 Å². The summed E-state index contributed by atoms with van der Waals surface area (Å²) in [5, 5.41) is 3.43. The molecular formula is C11H16N2O. The van der Waals surface area contributed by atoms with Crippen LogP contribution in [0.5, 0.6) is 0 Å². The summed E-state index contributed by atoms with van der Waals surface area (Å²) in [5.41, 5.74) is 9.05. The third-order valence-electron chi connectivity index (χ3n) is 2.59. The Morgan fingerprint density at radius 2 is 2.36 bits per heavy atom. The van der Waals surface area contributed by atoms with E-state index >= 15 is 0 Å².